The van der Waals surface area contributed by atoms with Crippen LogP contribution in [0.2, 0.25) is 5.02 Å². The number of nitrogens with one attached hydrogen (secondary N) is 1. The first kappa shape index (κ1) is 17.7. The van der Waals surface area contributed by atoms with Gasteiger partial charge in [0.1, 0.15) is 0 Å². The number of benzene rings is 3. The van der Waals surface area contributed by atoms with Gasteiger partial charge in [-0.2, -0.15) is 0 Å². The Balaban J connectivity index is 1.76. The number of hydroxylamine groups is 1. The maximum Gasteiger partial charge on any atom is 0.274 e. The van der Waals surface area contributed by atoms with Crippen molar-refractivity contribution < 1.29 is 14.2 Å². The topological polar surface area (TPSA) is 69.6 Å². The van der Waals surface area contributed by atoms with Crippen LogP contribution >= 0.6 is 11.6 Å². The minimum Gasteiger partial charge on any atom is -0.335 e. The molecule has 0 saturated heterocycles. The van der Waals surface area contributed by atoms with Gasteiger partial charge < -0.3 is 4.90 Å². The first-order valence-electron chi connectivity index (χ1n) is 8.20. The summed E-state index contributed by atoms with van der Waals surface area (Å²) in [5.74, 6) is -0.558. The third-order valence-electron chi connectivity index (χ3n) is 4.43. The number of hydrogen-bond donors (Lipinski definition) is 2. The summed E-state index contributed by atoms with van der Waals surface area (Å²) in [4.78, 5) is 15.0. The summed E-state index contributed by atoms with van der Waals surface area (Å²) in [5, 5.41) is 9.31. The van der Waals surface area contributed by atoms with Gasteiger partial charge >= 0.3 is 0 Å². The zero-order valence-electron chi connectivity index (χ0n) is 14.1. The van der Waals surface area contributed by atoms with E-state index >= 15 is 0 Å². The van der Waals surface area contributed by atoms with Crippen LogP contribution in [-0.2, 0) is 17.3 Å². The normalized spacial score (nSPS) is 15.0. The molecule has 0 radical (unpaired) electrons. The van der Waals surface area contributed by atoms with Gasteiger partial charge in [-0.15, -0.1) is 0 Å². The fraction of sp³-hybridized carbons (Fsp3) is 0.0500. The van der Waals surface area contributed by atoms with Crippen LogP contribution in [0.3, 0.4) is 0 Å². The van der Waals surface area contributed by atoms with Crippen molar-refractivity contribution in [1.29, 1.82) is 0 Å². The predicted molar refractivity (Wildman–Crippen MR) is 104 cm³/mol. The molecule has 7 heteroatoms. The largest absolute Gasteiger partial charge is 0.335 e. The van der Waals surface area contributed by atoms with E-state index < -0.39 is 16.7 Å². The standard InChI is InChI=1S/C20H15ClN2O3S/c21-15-9-10-19-17(11-15)23(16-3-1-2-4-18(16)27(19)26)12-13-5-7-14(8-6-13)20(24)22-25/h1-11,25H,12H2,(H,22,24). The molecule has 0 spiro atoms. The molecular formula is C20H15ClN2O3S. The Morgan fingerprint density at radius 3 is 2.44 bits per heavy atom. The fourth-order valence-electron chi connectivity index (χ4n) is 3.12. The molecule has 0 bridgehead atoms. The van der Waals surface area contributed by atoms with E-state index in [1.807, 2.05) is 42.5 Å². The number of rotatable bonds is 3. The van der Waals surface area contributed by atoms with Crippen LogP contribution in [0, 0.1) is 0 Å². The average Bonchev–Trinajstić information content (AvgIpc) is 2.71. The number of para-hydroxylation sites is 1. The zero-order valence-corrected chi connectivity index (χ0v) is 15.6. The number of hydrogen-bond acceptors (Lipinski definition) is 4. The number of fused-ring (bicyclic) bond motifs is 2. The Kier molecular flexibility index (Phi) is 4.70. The quantitative estimate of drug-likeness (QED) is 0.510. The molecule has 1 heterocycles. The number of halogens is 1. The van der Waals surface area contributed by atoms with Crippen LogP contribution in [0.25, 0.3) is 0 Å². The molecule has 1 aliphatic rings. The summed E-state index contributed by atoms with van der Waals surface area (Å²) < 4.78 is 12.9. The molecule has 2 N–H and O–H groups in total. The van der Waals surface area contributed by atoms with Gasteiger partial charge in [-0.1, -0.05) is 35.9 Å². The third kappa shape index (κ3) is 3.23. The summed E-state index contributed by atoms with van der Waals surface area (Å²) in [6.07, 6.45) is 0. The highest BCUT2D eigenvalue weighted by Crippen LogP contribution is 2.43. The third-order valence-corrected chi connectivity index (χ3v) is 6.15. The van der Waals surface area contributed by atoms with Crippen LogP contribution in [0.1, 0.15) is 15.9 Å². The van der Waals surface area contributed by atoms with Crippen molar-refractivity contribution in [2.75, 3.05) is 4.90 Å². The van der Waals surface area contributed by atoms with E-state index in [1.54, 1.807) is 29.7 Å². The molecule has 3 aromatic carbocycles. The lowest BCUT2D eigenvalue weighted by Gasteiger charge is -2.33. The van der Waals surface area contributed by atoms with E-state index in [1.165, 1.54) is 0 Å². The Hall–Kier alpha value is -2.67. The molecule has 1 unspecified atom stereocenters. The molecule has 0 fully saturated rings. The number of carbonyl (C=O) groups excluding carboxylic acids is 1. The summed E-state index contributed by atoms with van der Waals surface area (Å²) in [5.41, 5.74) is 4.61. The lowest BCUT2D eigenvalue weighted by atomic mass is 10.1. The van der Waals surface area contributed by atoms with Gasteiger partial charge in [-0.05, 0) is 48.0 Å². The van der Waals surface area contributed by atoms with Crippen LogP contribution in [0.5, 0.6) is 0 Å². The molecular weight excluding hydrogens is 384 g/mol. The van der Waals surface area contributed by atoms with E-state index in [0.717, 1.165) is 26.7 Å². The first-order chi connectivity index (χ1) is 13.1. The highest BCUT2D eigenvalue weighted by Gasteiger charge is 2.28. The van der Waals surface area contributed by atoms with Gasteiger partial charge in [-0.3, -0.25) is 10.0 Å². The molecule has 1 amide bonds. The Labute approximate surface area is 163 Å². The summed E-state index contributed by atoms with van der Waals surface area (Å²) in [6, 6.07) is 19.9. The molecule has 0 aliphatic carbocycles. The van der Waals surface area contributed by atoms with Crippen molar-refractivity contribution in [3.63, 3.8) is 0 Å². The van der Waals surface area contributed by atoms with Crippen LogP contribution in [-0.4, -0.2) is 15.3 Å². The maximum absolute atomic E-state index is 12.9. The first-order valence-corrected chi connectivity index (χ1v) is 9.72. The second-order valence-electron chi connectivity index (χ2n) is 6.07. The van der Waals surface area contributed by atoms with Crippen molar-refractivity contribution >= 4 is 39.7 Å². The Morgan fingerprint density at radius 2 is 1.70 bits per heavy atom. The second-order valence-corrected chi connectivity index (χ2v) is 7.93. The second kappa shape index (κ2) is 7.15. The smallest absolute Gasteiger partial charge is 0.274 e. The molecule has 1 atom stereocenters. The minimum atomic E-state index is -1.27. The zero-order chi connectivity index (χ0) is 19.0. The maximum atomic E-state index is 12.9. The van der Waals surface area contributed by atoms with Crippen molar-refractivity contribution in [2.24, 2.45) is 0 Å². The van der Waals surface area contributed by atoms with Gasteiger partial charge in [0.15, 0.2) is 0 Å². The average molecular weight is 399 g/mol. The molecule has 5 nitrogen and oxygen atoms in total. The SMILES string of the molecule is O=C(NO)c1ccc(CN2c3ccccc3S(=O)c3ccc(Cl)cc32)cc1. The molecule has 27 heavy (non-hydrogen) atoms. The predicted octanol–water partition coefficient (Wildman–Crippen LogP) is 4.28. The lowest BCUT2D eigenvalue weighted by Crippen LogP contribution is -2.23. The van der Waals surface area contributed by atoms with Crippen molar-refractivity contribution in [3.8, 4) is 0 Å². The lowest BCUT2D eigenvalue weighted by molar-refractivity contribution is 0.0706. The Morgan fingerprint density at radius 1 is 1.00 bits per heavy atom. The van der Waals surface area contributed by atoms with Crippen molar-refractivity contribution in [1.82, 2.24) is 5.48 Å². The number of anilines is 2. The molecule has 0 saturated carbocycles. The van der Waals surface area contributed by atoms with Gasteiger partial charge in [0.2, 0.25) is 0 Å². The summed E-state index contributed by atoms with van der Waals surface area (Å²) >= 11 is 6.20. The van der Waals surface area contributed by atoms with E-state index in [2.05, 4.69) is 4.90 Å². The Bertz CT molecular complexity index is 1050. The number of carbonyl (C=O) groups is 1. The molecule has 3 aromatic rings. The minimum absolute atomic E-state index is 0.366. The van der Waals surface area contributed by atoms with Crippen LogP contribution in [0.4, 0.5) is 11.4 Å². The summed E-state index contributed by atoms with van der Waals surface area (Å²) in [6.45, 7) is 0.516. The highest BCUT2D eigenvalue weighted by molar-refractivity contribution is 7.85. The number of amides is 1. The van der Waals surface area contributed by atoms with E-state index in [9.17, 15) is 9.00 Å². The molecule has 0 aromatic heterocycles. The monoisotopic (exact) mass is 398 g/mol. The van der Waals surface area contributed by atoms with Gasteiger partial charge in [0, 0.05) is 17.1 Å². The fourth-order valence-corrected chi connectivity index (χ4v) is 4.65. The van der Waals surface area contributed by atoms with Crippen molar-refractivity contribution in [2.45, 2.75) is 16.3 Å². The van der Waals surface area contributed by atoms with Crippen molar-refractivity contribution in [3.05, 3.63) is 82.9 Å². The summed E-state index contributed by atoms with van der Waals surface area (Å²) in [7, 11) is -1.27. The van der Waals surface area contributed by atoms with E-state index in [-0.39, 0.29) is 0 Å². The van der Waals surface area contributed by atoms with Gasteiger partial charge in [0.25, 0.3) is 5.91 Å². The van der Waals surface area contributed by atoms with E-state index in [4.69, 9.17) is 16.8 Å². The van der Waals surface area contributed by atoms with Crippen LogP contribution in [0.15, 0.2) is 76.5 Å². The van der Waals surface area contributed by atoms with E-state index in [0.29, 0.717) is 17.1 Å². The highest BCUT2D eigenvalue weighted by atomic mass is 35.5. The molecule has 4 rings (SSSR count). The molecule has 136 valence electrons. The molecule has 1 aliphatic heterocycles. The van der Waals surface area contributed by atoms with Crippen LogP contribution < -0.4 is 10.4 Å². The van der Waals surface area contributed by atoms with Gasteiger partial charge in [0.05, 0.1) is 32.0 Å². The van der Waals surface area contributed by atoms with Gasteiger partial charge in [-0.25, -0.2) is 9.69 Å². The number of nitrogens with zero attached hydrogens (tertiary/aromatic N) is 1.